The molecule has 0 saturated heterocycles. The van der Waals surface area contributed by atoms with E-state index in [1.807, 2.05) is 13.8 Å². The number of rotatable bonds is 4. The number of hydrogen-bond acceptors (Lipinski definition) is 3. The zero-order valence-corrected chi connectivity index (χ0v) is 13.0. The fourth-order valence-corrected chi connectivity index (χ4v) is 1.89. The van der Waals surface area contributed by atoms with Gasteiger partial charge >= 0.3 is 0 Å². The van der Waals surface area contributed by atoms with E-state index in [1.165, 1.54) is 11.1 Å². The van der Waals surface area contributed by atoms with Crippen molar-refractivity contribution in [1.82, 2.24) is 15.6 Å². The van der Waals surface area contributed by atoms with Crippen molar-refractivity contribution in [3.05, 3.63) is 52.7 Å². The summed E-state index contributed by atoms with van der Waals surface area (Å²) in [5.41, 5.74) is 3.40. The van der Waals surface area contributed by atoms with Crippen molar-refractivity contribution in [2.24, 2.45) is 4.99 Å². The van der Waals surface area contributed by atoms with Crippen molar-refractivity contribution < 1.29 is 4.42 Å². The third-order valence-electron chi connectivity index (χ3n) is 3.28. The third-order valence-corrected chi connectivity index (χ3v) is 3.28. The Labute approximate surface area is 125 Å². The number of nitrogens with zero attached hydrogens (tertiary/aromatic N) is 2. The lowest BCUT2D eigenvalue weighted by Gasteiger charge is -2.10. The second-order valence-electron chi connectivity index (χ2n) is 5.01. The van der Waals surface area contributed by atoms with Gasteiger partial charge in [0.2, 0.25) is 5.89 Å². The molecule has 0 fully saturated rings. The minimum Gasteiger partial charge on any atom is -0.444 e. The molecule has 112 valence electrons. The molecule has 1 aromatic heterocycles. The molecular formula is C16H22N4O. The summed E-state index contributed by atoms with van der Waals surface area (Å²) in [6, 6.07) is 8.42. The zero-order chi connectivity index (χ0) is 15.2. The van der Waals surface area contributed by atoms with E-state index >= 15 is 0 Å². The lowest BCUT2D eigenvalue weighted by molar-refractivity contribution is 0.463. The number of nitrogens with one attached hydrogen (secondary N) is 2. The van der Waals surface area contributed by atoms with E-state index in [0.29, 0.717) is 12.4 Å². The van der Waals surface area contributed by atoms with E-state index < -0.39 is 0 Å². The highest BCUT2D eigenvalue weighted by atomic mass is 16.4. The van der Waals surface area contributed by atoms with Crippen LogP contribution in [0, 0.1) is 20.8 Å². The summed E-state index contributed by atoms with van der Waals surface area (Å²) < 4.78 is 5.53. The quantitative estimate of drug-likeness (QED) is 0.669. The molecular weight excluding hydrogens is 264 g/mol. The second kappa shape index (κ2) is 6.92. The first-order valence-electron chi connectivity index (χ1n) is 7.01. The molecule has 0 amide bonds. The molecule has 0 radical (unpaired) electrons. The molecule has 0 saturated carbocycles. The molecule has 0 bridgehead atoms. The molecule has 0 unspecified atom stereocenters. The topological polar surface area (TPSA) is 62.5 Å². The zero-order valence-electron chi connectivity index (χ0n) is 13.0. The Morgan fingerprint density at radius 3 is 2.33 bits per heavy atom. The third kappa shape index (κ3) is 4.34. The molecule has 5 nitrogen and oxygen atoms in total. The van der Waals surface area contributed by atoms with E-state index in [4.69, 9.17) is 4.42 Å². The molecule has 0 aliphatic rings. The maximum Gasteiger partial charge on any atom is 0.214 e. The van der Waals surface area contributed by atoms with Gasteiger partial charge in [-0.3, -0.25) is 4.99 Å². The Morgan fingerprint density at radius 1 is 1.10 bits per heavy atom. The van der Waals surface area contributed by atoms with Crippen LogP contribution in [0.15, 0.2) is 33.7 Å². The van der Waals surface area contributed by atoms with Crippen LogP contribution in [-0.2, 0) is 13.1 Å². The predicted molar refractivity (Wildman–Crippen MR) is 84.2 cm³/mol. The van der Waals surface area contributed by atoms with Crippen LogP contribution in [-0.4, -0.2) is 18.0 Å². The summed E-state index contributed by atoms with van der Waals surface area (Å²) >= 11 is 0. The summed E-state index contributed by atoms with van der Waals surface area (Å²) in [5.74, 6) is 2.25. The summed E-state index contributed by atoms with van der Waals surface area (Å²) in [6.45, 7) is 7.17. The molecule has 21 heavy (non-hydrogen) atoms. The van der Waals surface area contributed by atoms with Crippen molar-refractivity contribution >= 4 is 5.96 Å². The monoisotopic (exact) mass is 286 g/mol. The molecule has 0 spiro atoms. The predicted octanol–water partition coefficient (Wildman–Crippen LogP) is 2.47. The van der Waals surface area contributed by atoms with Crippen LogP contribution in [0.5, 0.6) is 0 Å². The summed E-state index contributed by atoms with van der Waals surface area (Å²) in [7, 11) is 1.75. The van der Waals surface area contributed by atoms with Crippen molar-refractivity contribution in [2.45, 2.75) is 33.9 Å². The smallest absolute Gasteiger partial charge is 0.214 e. The largest absolute Gasteiger partial charge is 0.444 e. The van der Waals surface area contributed by atoms with Crippen LogP contribution in [0.1, 0.15) is 28.5 Å². The Morgan fingerprint density at radius 2 is 1.76 bits per heavy atom. The van der Waals surface area contributed by atoms with Gasteiger partial charge in [-0.2, -0.15) is 0 Å². The molecule has 1 heterocycles. The van der Waals surface area contributed by atoms with Gasteiger partial charge < -0.3 is 15.1 Å². The number of aryl methyl sites for hydroxylation is 3. The minimum atomic E-state index is 0.516. The number of hydrogen-bond donors (Lipinski definition) is 2. The number of guanidine groups is 1. The van der Waals surface area contributed by atoms with Gasteiger partial charge in [0.1, 0.15) is 5.76 Å². The van der Waals surface area contributed by atoms with Gasteiger partial charge in [-0.1, -0.05) is 29.8 Å². The van der Waals surface area contributed by atoms with Crippen LogP contribution in [0.4, 0.5) is 0 Å². The van der Waals surface area contributed by atoms with Crippen LogP contribution in [0.25, 0.3) is 0 Å². The maximum atomic E-state index is 5.53. The molecule has 1 aromatic carbocycles. The van der Waals surface area contributed by atoms with E-state index in [-0.39, 0.29) is 0 Å². The molecule has 0 aliphatic carbocycles. The highest BCUT2D eigenvalue weighted by Crippen LogP contribution is 2.07. The molecule has 2 rings (SSSR count). The average Bonchev–Trinajstić information content (AvgIpc) is 2.80. The van der Waals surface area contributed by atoms with Crippen molar-refractivity contribution in [1.29, 1.82) is 0 Å². The van der Waals surface area contributed by atoms with Gasteiger partial charge in [0, 0.05) is 13.6 Å². The average molecular weight is 286 g/mol. The van der Waals surface area contributed by atoms with E-state index in [1.54, 1.807) is 7.05 Å². The standard InChI is InChI=1S/C16H22N4O/c1-11-5-7-14(8-6-11)9-18-16(17-4)19-10-15-20-12(2)13(3)21-15/h5-8H,9-10H2,1-4H3,(H2,17,18,19). The SMILES string of the molecule is CN=C(NCc1ccc(C)cc1)NCc1nc(C)c(C)o1. The van der Waals surface area contributed by atoms with Gasteiger partial charge in [0.25, 0.3) is 0 Å². The van der Waals surface area contributed by atoms with E-state index in [9.17, 15) is 0 Å². The van der Waals surface area contributed by atoms with Crippen LogP contribution in [0.2, 0.25) is 0 Å². The summed E-state index contributed by atoms with van der Waals surface area (Å²) in [6.07, 6.45) is 0. The fraction of sp³-hybridized carbons (Fsp3) is 0.375. The van der Waals surface area contributed by atoms with Gasteiger partial charge in [-0.25, -0.2) is 4.98 Å². The summed E-state index contributed by atoms with van der Waals surface area (Å²) in [4.78, 5) is 8.52. The molecule has 0 atom stereocenters. The molecule has 5 heteroatoms. The number of aliphatic imine (C=N–C) groups is 1. The number of benzene rings is 1. The van der Waals surface area contributed by atoms with Gasteiger partial charge in [0.15, 0.2) is 5.96 Å². The Balaban J connectivity index is 1.84. The van der Waals surface area contributed by atoms with Crippen molar-refractivity contribution in [2.75, 3.05) is 7.05 Å². The van der Waals surface area contributed by atoms with E-state index in [2.05, 4.69) is 51.8 Å². The molecule has 0 aliphatic heterocycles. The van der Waals surface area contributed by atoms with Gasteiger partial charge in [0.05, 0.1) is 12.2 Å². The van der Waals surface area contributed by atoms with Crippen LogP contribution in [0.3, 0.4) is 0 Å². The van der Waals surface area contributed by atoms with Gasteiger partial charge in [-0.05, 0) is 26.3 Å². The Hall–Kier alpha value is -2.30. The second-order valence-corrected chi connectivity index (χ2v) is 5.01. The van der Waals surface area contributed by atoms with Gasteiger partial charge in [-0.15, -0.1) is 0 Å². The highest BCUT2D eigenvalue weighted by molar-refractivity contribution is 5.79. The van der Waals surface area contributed by atoms with Crippen LogP contribution < -0.4 is 10.6 Å². The highest BCUT2D eigenvalue weighted by Gasteiger charge is 2.06. The molecule has 2 aromatic rings. The minimum absolute atomic E-state index is 0.516. The first-order chi connectivity index (χ1) is 10.1. The Bertz CT molecular complexity index is 594. The molecule has 2 N–H and O–H groups in total. The fourth-order valence-electron chi connectivity index (χ4n) is 1.89. The van der Waals surface area contributed by atoms with Crippen LogP contribution >= 0.6 is 0 Å². The number of oxazole rings is 1. The first kappa shape index (κ1) is 15.1. The lowest BCUT2D eigenvalue weighted by Crippen LogP contribution is -2.36. The normalized spacial score (nSPS) is 11.5. The summed E-state index contributed by atoms with van der Waals surface area (Å²) in [5, 5.41) is 6.46. The number of aromatic nitrogens is 1. The maximum absolute atomic E-state index is 5.53. The Kier molecular flexibility index (Phi) is 4.98. The van der Waals surface area contributed by atoms with Crippen molar-refractivity contribution in [3.8, 4) is 0 Å². The first-order valence-corrected chi connectivity index (χ1v) is 7.01. The van der Waals surface area contributed by atoms with E-state index in [0.717, 1.165) is 24.0 Å². The van der Waals surface area contributed by atoms with Crippen molar-refractivity contribution in [3.63, 3.8) is 0 Å². The lowest BCUT2D eigenvalue weighted by atomic mass is 10.1.